The van der Waals surface area contributed by atoms with Crippen molar-refractivity contribution in [2.24, 2.45) is 0 Å². The first-order chi connectivity index (χ1) is 16.6. The molecule has 0 bridgehead atoms. The summed E-state index contributed by atoms with van der Waals surface area (Å²) in [4.78, 5) is 15.4. The fraction of sp³-hybridized carbons (Fsp3) is 0.320. The van der Waals surface area contributed by atoms with E-state index in [1.165, 1.54) is 11.3 Å². The predicted octanol–water partition coefficient (Wildman–Crippen LogP) is 5.79. The molecule has 5 nitrogen and oxygen atoms in total. The first-order valence-electron chi connectivity index (χ1n) is 11.1. The van der Waals surface area contributed by atoms with Crippen LogP contribution in [0.1, 0.15) is 35.8 Å². The van der Waals surface area contributed by atoms with Crippen LogP contribution in [0.3, 0.4) is 0 Å². The maximum Gasteiger partial charge on any atom is 0.416 e. The highest BCUT2D eigenvalue weighted by Crippen LogP contribution is 2.31. The number of halogens is 3. The van der Waals surface area contributed by atoms with Crippen molar-refractivity contribution in [1.29, 1.82) is 0 Å². The highest BCUT2D eigenvalue weighted by atomic mass is 32.2. The third-order valence-electron chi connectivity index (χ3n) is 5.37. The Labute approximate surface area is 207 Å². The lowest BCUT2D eigenvalue weighted by molar-refractivity contribution is -0.137. The molecule has 0 spiro atoms. The number of rotatable bonds is 11. The van der Waals surface area contributed by atoms with Gasteiger partial charge in [-0.2, -0.15) is 17.5 Å². The Kier molecular flexibility index (Phi) is 9.09. The Bertz CT molecular complexity index is 1200. The van der Waals surface area contributed by atoms with Gasteiger partial charge in [-0.3, -0.25) is 4.79 Å². The summed E-state index contributed by atoms with van der Waals surface area (Å²) in [7, 11) is -4.33. The smallest absolute Gasteiger partial charge is 0.332 e. The van der Waals surface area contributed by atoms with Crippen LogP contribution in [0, 0.1) is 0 Å². The van der Waals surface area contributed by atoms with Gasteiger partial charge in [-0.1, -0.05) is 55.8 Å². The number of benzene rings is 2. The van der Waals surface area contributed by atoms with Gasteiger partial charge in [-0.05, 0) is 41.6 Å². The van der Waals surface area contributed by atoms with Crippen molar-refractivity contribution in [3.05, 3.63) is 88.1 Å². The van der Waals surface area contributed by atoms with E-state index in [0.29, 0.717) is 25.5 Å². The van der Waals surface area contributed by atoms with Crippen LogP contribution in [0.4, 0.5) is 13.2 Å². The number of hydrogen-bond acceptors (Lipinski definition) is 4. The lowest BCUT2D eigenvalue weighted by Crippen LogP contribution is -2.42. The van der Waals surface area contributed by atoms with Crippen molar-refractivity contribution in [2.75, 3.05) is 13.1 Å². The Morgan fingerprint density at radius 3 is 2.34 bits per heavy atom. The zero-order valence-corrected chi connectivity index (χ0v) is 20.9. The summed E-state index contributed by atoms with van der Waals surface area (Å²) in [6.07, 6.45) is -3.55. The molecule has 0 saturated carbocycles. The van der Waals surface area contributed by atoms with Gasteiger partial charge in [0.25, 0.3) is 0 Å². The normalized spacial score (nSPS) is 12.1. The number of thiophene rings is 1. The summed E-state index contributed by atoms with van der Waals surface area (Å²) in [6, 6.07) is 16.7. The average Bonchev–Trinajstić information content (AvgIpc) is 3.34. The SMILES string of the molecule is CCCCN(CC(=O)N(Cc1ccccc1)Cc1cccs1)S(=O)(=O)c1cccc(C(F)(F)F)c1. The molecule has 10 heteroatoms. The second kappa shape index (κ2) is 11.8. The molecule has 1 aromatic heterocycles. The second-order valence-electron chi connectivity index (χ2n) is 8.03. The van der Waals surface area contributed by atoms with Crippen LogP contribution in [0.15, 0.2) is 77.0 Å². The van der Waals surface area contributed by atoms with E-state index in [0.717, 1.165) is 32.9 Å². The largest absolute Gasteiger partial charge is 0.416 e. The molecule has 0 atom stereocenters. The van der Waals surface area contributed by atoms with Gasteiger partial charge in [-0.15, -0.1) is 11.3 Å². The molecule has 3 aromatic rings. The standard InChI is InChI=1S/C25H27F3N2O3S2/c1-2-3-14-30(35(32,33)23-13-7-11-21(16-23)25(26,27)28)19-24(31)29(18-22-12-8-15-34-22)17-20-9-5-4-6-10-20/h4-13,15-16H,2-3,14,17-19H2,1H3. The number of hydrogen-bond donors (Lipinski definition) is 0. The van der Waals surface area contributed by atoms with E-state index in [4.69, 9.17) is 0 Å². The van der Waals surface area contributed by atoms with Crippen molar-refractivity contribution >= 4 is 27.3 Å². The molecular weight excluding hydrogens is 497 g/mol. The average molecular weight is 525 g/mol. The molecule has 0 saturated heterocycles. The molecule has 0 fully saturated rings. The van der Waals surface area contributed by atoms with E-state index in [9.17, 15) is 26.4 Å². The Hall–Kier alpha value is -2.69. The fourth-order valence-corrected chi connectivity index (χ4v) is 5.67. The van der Waals surface area contributed by atoms with Crippen molar-refractivity contribution in [3.8, 4) is 0 Å². The van der Waals surface area contributed by atoms with Crippen LogP contribution in [-0.4, -0.2) is 36.6 Å². The van der Waals surface area contributed by atoms with Crippen LogP contribution in [0.5, 0.6) is 0 Å². The zero-order valence-electron chi connectivity index (χ0n) is 19.2. The highest BCUT2D eigenvalue weighted by Gasteiger charge is 2.34. The number of alkyl halides is 3. The van der Waals surface area contributed by atoms with E-state index in [1.807, 2.05) is 54.8 Å². The summed E-state index contributed by atoms with van der Waals surface area (Å²) < 4.78 is 67.3. The Morgan fingerprint density at radius 2 is 1.71 bits per heavy atom. The molecule has 0 N–H and O–H groups in total. The molecule has 0 aliphatic carbocycles. The number of carbonyl (C=O) groups excluding carboxylic acids is 1. The molecule has 0 aliphatic rings. The van der Waals surface area contributed by atoms with Crippen molar-refractivity contribution in [1.82, 2.24) is 9.21 Å². The van der Waals surface area contributed by atoms with Gasteiger partial charge in [-0.25, -0.2) is 8.42 Å². The highest BCUT2D eigenvalue weighted by molar-refractivity contribution is 7.89. The lowest BCUT2D eigenvalue weighted by Gasteiger charge is -2.27. The number of amides is 1. The van der Waals surface area contributed by atoms with Gasteiger partial charge in [0, 0.05) is 18.0 Å². The fourth-order valence-electron chi connectivity index (χ4n) is 3.48. The topological polar surface area (TPSA) is 57.7 Å². The van der Waals surface area contributed by atoms with Gasteiger partial charge in [0.05, 0.1) is 23.5 Å². The number of carbonyl (C=O) groups is 1. The summed E-state index contributed by atoms with van der Waals surface area (Å²) in [5.74, 6) is -0.422. The quantitative estimate of drug-likeness (QED) is 0.319. The minimum absolute atomic E-state index is 0.0268. The van der Waals surface area contributed by atoms with E-state index in [-0.39, 0.29) is 13.1 Å². The third-order valence-corrected chi connectivity index (χ3v) is 8.07. The first kappa shape index (κ1) is 26.9. The second-order valence-corrected chi connectivity index (χ2v) is 11.0. The van der Waals surface area contributed by atoms with Gasteiger partial charge in [0.15, 0.2) is 0 Å². The molecule has 35 heavy (non-hydrogen) atoms. The Morgan fingerprint density at radius 1 is 0.971 bits per heavy atom. The van der Waals surface area contributed by atoms with E-state index >= 15 is 0 Å². The summed E-state index contributed by atoms with van der Waals surface area (Å²) in [5.41, 5.74) is -0.165. The van der Waals surface area contributed by atoms with Crippen LogP contribution >= 0.6 is 11.3 Å². The summed E-state index contributed by atoms with van der Waals surface area (Å²) in [6.45, 7) is 2.02. The van der Waals surface area contributed by atoms with Crippen LogP contribution in [-0.2, 0) is 34.1 Å². The van der Waals surface area contributed by atoms with Crippen LogP contribution < -0.4 is 0 Å². The van der Waals surface area contributed by atoms with Crippen molar-refractivity contribution in [2.45, 2.75) is 43.9 Å². The molecule has 3 rings (SSSR count). The maximum atomic E-state index is 13.4. The zero-order chi connectivity index (χ0) is 25.5. The molecule has 2 aromatic carbocycles. The number of nitrogens with zero attached hydrogens (tertiary/aromatic N) is 2. The molecule has 0 unspecified atom stereocenters. The molecule has 1 amide bonds. The summed E-state index contributed by atoms with van der Waals surface area (Å²) in [5, 5.41) is 1.89. The van der Waals surface area contributed by atoms with E-state index in [1.54, 1.807) is 4.90 Å². The predicted molar refractivity (Wildman–Crippen MR) is 130 cm³/mol. The van der Waals surface area contributed by atoms with Gasteiger partial charge >= 0.3 is 6.18 Å². The van der Waals surface area contributed by atoms with Crippen LogP contribution in [0.25, 0.3) is 0 Å². The molecule has 188 valence electrons. The molecule has 0 aliphatic heterocycles. The molecular formula is C25H27F3N2O3S2. The van der Waals surface area contributed by atoms with Crippen molar-refractivity contribution < 1.29 is 26.4 Å². The van der Waals surface area contributed by atoms with Gasteiger partial charge < -0.3 is 4.90 Å². The Balaban J connectivity index is 1.89. The van der Waals surface area contributed by atoms with E-state index < -0.39 is 39.1 Å². The third kappa shape index (κ3) is 7.39. The van der Waals surface area contributed by atoms with Crippen LogP contribution in [0.2, 0.25) is 0 Å². The van der Waals surface area contributed by atoms with Gasteiger partial charge in [0.1, 0.15) is 0 Å². The van der Waals surface area contributed by atoms with Crippen molar-refractivity contribution in [3.63, 3.8) is 0 Å². The monoisotopic (exact) mass is 524 g/mol. The lowest BCUT2D eigenvalue weighted by atomic mass is 10.2. The maximum absolute atomic E-state index is 13.4. The van der Waals surface area contributed by atoms with E-state index in [2.05, 4.69) is 0 Å². The summed E-state index contributed by atoms with van der Waals surface area (Å²) >= 11 is 1.49. The first-order valence-corrected chi connectivity index (χ1v) is 13.4. The minimum Gasteiger partial charge on any atom is -0.332 e. The van der Waals surface area contributed by atoms with Gasteiger partial charge in [0.2, 0.25) is 15.9 Å². The minimum atomic E-state index is -4.68. The number of unbranched alkanes of at least 4 members (excludes halogenated alkanes) is 1. The molecule has 1 heterocycles. The number of sulfonamides is 1. The molecule has 0 radical (unpaired) electrons.